The molecule has 0 radical (unpaired) electrons. The molecule has 4 aromatic carbocycles. The second kappa shape index (κ2) is 17.4. The molecule has 4 aromatic rings. The van der Waals surface area contributed by atoms with Gasteiger partial charge in [0.05, 0.1) is 18.6 Å². The summed E-state index contributed by atoms with van der Waals surface area (Å²) < 4.78 is 38.4. The molecule has 260 valence electrons. The Balaban J connectivity index is 1.31. The van der Waals surface area contributed by atoms with Crippen LogP contribution in [-0.4, -0.2) is 44.3 Å². The molecule has 11 heteroatoms. The normalized spacial score (nSPS) is 11.9. The predicted octanol–water partition coefficient (Wildman–Crippen LogP) is 7.14. The zero-order valence-corrected chi connectivity index (χ0v) is 29.2. The average Bonchev–Trinajstić information content (AvgIpc) is 3.05. The average molecular weight is 688 g/mol. The lowest BCUT2D eigenvalue weighted by Crippen LogP contribution is -2.44. The third kappa shape index (κ3) is 11.9. The van der Waals surface area contributed by atoms with Crippen LogP contribution in [0.15, 0.2) is 97.1 Å². The summed E-state index contributed by atoms with van der Waals surface area (Å²) in [4.78, 5) is 25.6. The van der Waals surface area contributed by atoms with Crippen LogP contribution in [0.3, 0.4) is 0 Å². The standard InChI is InChI=1S/C38H45N3O7S/c1-27(2)37(38(43)44)39-36(42)15-8-9-24-47-31-20-22-33(23-21-31)48-32-18-16-30(17-19-32)26-41(25-29-11-6-5-7-12-29)35-14-10-13-34(28(35)3)40-49(4,45)46/h5-7,10-14,16-23,27,37,40H,8-9,15,24-26H2,1-4H3,(H,39,42)(H,43,44)/t37-/m0/s1. The number of amides is 1. The van der Waals surface area contributed by atoms with Crippen LogP contribution in [0, 0.1) is 12.8 Å². The Labute approximate surface area is 289 Å². The first-order chi connectivity index (χ1) is 23.4. The van der Waals surface area contributed by atoms with Crippen LogP contribution in [0.25, 0.3) is 0 Å². The Morgan fingerprint density at radius 3 is 1.98 bits per heavy atom. The number of carbonyl (C=O) groups excluding carboxylic acids is 1. The Morgan fingerprint density at radius 2 is 1.39 bits per heavy atom. The van der Waals surface area contributed by atoms with E-state index in [2.05, 4.69) is 27.1 Å². The molecule has 0 aliphatic heterocycles. The minimum Gasteiger partial charge on any atom is -0.494 e. The van der Waals surface area contributed by atoms with E-state index in [0.29, 0.717) is 55.5 Å². The third-order valence-electron chi connectivity index (χ3n) is 7.83. The summed E-state index contributed by atoms with van der Waals surface area (Å²) in [6.07, 6.45) is 2.63. The van der Waals surface area contributed by atoms with Gasteiger partial charge in [0.15, 0.2) is 0 Å². The maximum Gasteiger partial charge on any atom is 0.326 e. The molecule has 0 saturated heterocycles. The monoisotopic (exact) mass is 687 g/mol. The smallest absolute Gasteiger partial charge is 0.326 e. The highest BCUT2D eigenvalue weighted by Crippen LogP contribution is 2.31. The van der Waals surface area contributed by atoms with Crippen molar-refractivity contribution >= 4 is 33.3 Å². The summed E-state index contributed by atoms with van der Waals surface area (Å²) in [6.45, 7) is 7.10. The number of anilines is 2. The highest BCUT2D eigenvalue weighted by molar-refractivity contribution is 7.92. The minimum atomic E-state index is -3.43. The molecule has 1 atom stereocenters. The summed E-state index contributed by atoms with van der Waals surface area (Å²) in [5.74, 6) is 0.534. The van der Waals surface area contributed by atoms with Crippen molar-refractivity contribution in [2.45, 2.75) is 59.2 Å². The number of nitrogens with one attached hydrogen (secondary N) is 2. The topological polar surface area (TPSA) is 134 Å². The van der Waals surface area contributed by atoms with Crippen molar-refractivity contribution in [3.63, 3.8) is 0 Å². The number of nitrogens with zero attached hydrogens (tertiary/aromatic N) is 1. The molecule has 49 heavy (non-hydrogen) atoms. The maximum absolute atomic E-state index is 12.1. The van der Waals surface area contributed by atoms with Crippen molar-refractivity contribution < 1.29 is 32.6 Å². The van der Waals surface area contributed by atoms with Gasteiger partial charge in [-0.05, 0) is 90.9 Å². The van der Waals surface area contributed by atoms with Gasteiger partial charge in [0.25, 0.3) is 0 Å². The van der Waals surface area contributed by atoms with Gasteiger partial charge in [-0.1, -0.05) is 62.4 Å². The van der Waals surface area contributed by atoms with Crippen LogP contribution < -0.4 is 24.4 Å². The van der Waals surface area contributed by atoms with E-state index in [1.54, 1.807) is 19.9 Å². The number of ether oxygens (including phenoxy) is 2. The largest absolute Gasteiger partial charge is 0.494 e. The molecule has 10 nitrogen and oxygen atoms in total. The predicted molar refractivity (Wildman–Crippen MR) is 193 cm³/mol. The number of carbonyl (C=O) groups is 2. The fraction of sp³-hybridized carbons (Fsp3) is 0.316. The molecule has 0 fully saturated rings. The molecule has 0 aromatic heterocycles. The van der Waals surface area contributed by atoms with E-state index in [-0.39, 0.29) is 18.2 Å². The number of hydrogen-bond acceptors (Lipinski definition) is 7. The summed E-state index contributed by atoms with van der Waals surface area (Å²) in [7, 11) is -3.43. The van der Waals surface area contributed by atoms with Crippen molar-refractivity contribution in [3.8, 4) is 17.2 Å². The van der Waals surface area contributed by atoms with E-state index < -0.39 is 22.0 Å². The van der Waals surface area contributed by atoms with Gasteiger partial charge in [-0.15, -0.1) is 0 Å². The van der Waals surface area contributed by atoms with E-state index >= 15 is 0 Å². The van der Waals surface area contributed by atoms with Crippen LogP contribution in [0.1, 0.15) is 49.8 Å². The van der Waals surface area contributed by atoms with E-state index in [4.69, 9.17) is 9.47 Å². The minimum absolute atomic E-state index is 0.188. The lowest BCUT2D eigenvalue weighted by molar-refractivity contribution is -0.143. The maximum atomic E-state index is 12.1. The molecule has 0 spiro atoms. The second-order valence-electron chi connectivity index (χ2n) is 12.3. The van der Waals surface area contributed by atoms with Gasteiger partial charge in [0.2, 0.25) is 15.9 Å². The Hall–Kier alpha value is -5.03. The Bertz CT molecular complexity index is 1780. The van der Waals surface area contributed by atoms with Crippen LogP contribution in [0.5, 0.6) is 17.2 Å². The Morgan fingerprint density at radius 1 is 0.796 bits per heavy atom. The fourth-order valence-corrected chi connectivity index (χ4v) is 5.89. The third-order valence-corrected chi connectivity index (χ3v) is 8.42. The van der Waals surface area contributed by atoms with Gasteiger partial charge < -0.3 is 24.8 Å². The van der Waals surface area contributed by atoms with E-state index in [1.807, 2.05) is 85.8 Å². The number of sulfonamides is 1. The van der Waals surface area contributed by atoms with E-state index in [0.717, 1.165) is 28.6 Å². The molecule has 0 bridgehead atoms. The molecule has 4 rings (SSSR count). The van der Waals surface area contributed by atoms with Gasteiger partial charge >= 0.3 is 5.97 Å². The summed E-state index contributed by atoms with van der Waals surface area (Å²) >= 11 is 0. The van der Waals surface area contributed by atoms with E-state index in [9.17, 15) is 23.1 Å². The number of aliphatic carboxylic acids is 1. The number of carboxylic acid groups (broad SMARTS) is 1. The molecule has 0 aliphatic rings. The molecule has 1 amide bonds. The quantitative estimate of drug-likeness (QED) is 0.0941. The first kappa shape index (κ1) is 36.8. The highest BCUT2D eigenvalue weighted by Gasteiger charge is 2.23. The van der Waals surface area contributed by atoms with Crippen molar-refractivity contribution in [3.05, 3.63) is 114 Å². The van der Waals surface area contributed by atoms with Crippen LogP contribution in [0.2, 0.25) is 0 Å². The molecule has 0 unspecified atom stereocenters. The van der Waals surface area contributed by atoms with Gasteiger partial charge in [-0.25, -0.2) is 13.2 Å². The number of rotatable bonds is 18. The molecule has 0 heterocycles. The number of benzene rings is 4. The number of unbranched alkanes of at least 4 members (excludes halogenated alkanes) is 1. The lowest BCUT2D eigenvalue weighted by atomic mass is 10.0. The highest BCUT2D eigenvalue weighted by atomic mass is 32.2. The fourth-order valence-electron chi connectivity index (χ4n) is 5.27. The lowest BCUT2D eigenvalue weighted by Gasteiger charge is -2.28. The summed E-state index contributed by atoms with van der Waals surface area (Å²) in [6, 6.07) is 30.1. The zero-order chi connectivity index (χ0) is 35.4. The summed E-state index contributed by atoms with van der Waals surface area (Å²) in [5, 5.41) is 11.8. The Kier molecular flexibility index (Phi) is 13.1. The van der Waals surface area contributed by atoms with Gasteiger partial charge in [0.1, 0.15) is 23.3 Å². The van der Waals surface area contributed by atoms with E-state index in [1.165, 1.54) is 0 Å². The van der Waals surface area contributed by atoms with Crippen LogP contribution in [-0.2, 0) is 32.7 Å². The van der Waals surface area contributed by atoms with Crippen LogP contribution >= 0.6 is 0 Å². The van der Waals surface area contributed by atoms with Gasteiger partial charge in [-0.2, -0.15) is 0 Å². The van der Waals surface area contributed by atoms with Crippen molar-refractivity contribution in [2.24, 2.45) is 5.92 Å². The second-order valence-corrected chi connectivity index (χ2v) is 14.1. The van der Waals surface area contributed by atoms with Crippen molar-refractivity contribution in [1.29, 1.82) is 0 Å². The van der Waals surface area contributed by atoms with Crippen molar-refractivity contribution in [1.82, 2.24) is 5.32 Å². The molecule has 0 saturated carbocycles. The molecular weight excluding hydrogens is 642 g/mol. The first-order valence-electron chi connectivity index (χ1n) is 16.3. The van der Waals surface area contributed by atoms with Crippen LogP contribution in [0.4, 0.5) is 11.4 Å². The SMILES string of the molecule is Cc1c(NS(C)(=O)=O)cccc1N(Cc1ccccc1)Cc1ccc(Oc2ccc(OCCCCC(=O)N[C@H](C(=O)O)C(C)C)cc2)cc1. The summed E-state index contributed by atoms with van der Waals surface area (Å²) in [5.41, 5.74) is 4.53. The molecule has 0 aliphatic carbocycles. The first-order valence-corrected chi connectivity index (χ1v) is 18.1. The van der Waals surface area contributed by atoms with Gasteiger partial charge in [0, 0.05) is 25.2 Å². The number of hydrogen-bond donors (Lipinski definition) is 3. The molecular formula is C38H45N3O7S. The van der Waals surface area contributed by atoms with Gasteiger partial charge in [-0.3, -0.25) is 9.52 Å². The van der Waals surface area contributed by atoms with Crippen molar-refractivity contribution in [2.75, 3.05) is 22.5 Å². The molecule has 3 N–H and O–H groups in total. The zero-order valence-electron chi connectivity index (χ0n) is 28.4. The number of carboxylic acids is 1.